The van der Waals surface area contributed by atoms with Gasteiger partial charge >= 0.3 is 0 Å². The van der Waals surface area contributed by atoms with Crippen LogP contribution in [-0.4, -0.2) is 23.7 Å². The van der Waals surface area contributed by atoms with Crippen LogP contribution in [0.2, 0.25) is 0 Å². The molecular formula is C15H13BrN2O4S. The molecule has 2 aromatic rings. The number of hydrogen-bond acceptors (Lipinski definition) is 5. The van der Waals surface area contributed by atoms with E-state index in [-0.39, 0.29) is 17.3 Å². The van der Waals surface area contributed by atoms with Crippen molar-refractivity contribution in [1.29, 1.82) is 0 Å². The number of nitro benzene ring substituents is 1. The van der Waals surface area contributed by atoms with Gasteiger partial charge in [-0.2, -0.15) is 0 Å². The number of ether oxygens (including phenoxy) is 1. The van der Waals surface area contributed by atoms with Crippen molar-refractivity contribution in [2.75, 3.05) is 18.2 Å². The van der Waals surface area contributed by atoms with Crippen LogP contribution in [0.25, 0.3) is 0 Å². The van der Waals surface area contributed by atoms with Crippen molar-refractivity contribution in [3.8, 4) is 5.75 Å². The standard InChI is InChI=1S/C15H13BrN2O4S/c1-22-14-7-2-10(16)8-13(14)17-15(19)9-23-12-5-3-11(4-6-12)18(20)21/h2-8H,9H2,1H3,(H,17,19). The Labute approximate surface area is 145 Å². The monoisotopic (exact) mass is 396 g/mol. The van der Waals surface area contributed by atoms with Gasteiger partial charge in [-0.05, 0) is 30.3 Å². The fraction of sp³-hybridized carbons (Fsp3) is 0.133. The molecule has 1 N–H and O–H groups in total. The predicted molar refractivity (Wildman–Crippen MR) is 93.1 cm³/mol. The smallest absolute Gasteiger partial charge is 0.269 e. The second-order valence-corrected chi connectivity index (χ2v) is 6.40. The van der Waals surface area contributed by atoms with Crippen LogP contribution < -0.4 is 10.1 Å². The third kappa shape index (κ3) is 4.97. The molecular weight excluding hydrogens is 384 g/mol. The van der Waals surface area contributed by atoms with Crippen LogP contribution in [-0.2, 0) is 4.79 Å². The number of thioether (sulfide) groups is 1. The van der Waals surface area contributed by atoms with E-state index in [9.17, 15) is 14.9 Å². The molecule has 23 heavy (non-hydrogen) atoms. The van der Waals surface area contributed by atoms with Crippen LogP contribution in [0.1, 0.15) is 0 Å². The van der Waals surface area contributed by atoms with Gasteiger partial charge in [0.25, 0.3) is 5.69 Å². The highest BCUT2D eigenvalue weighted by atomic mass is 79.9. The normalized spacial score (nSPS) is 10.2. The summed E-state index contributed by atoms with van der Waals surface area (Å²) in [5.41, 5.74) is 0.605. The lowest BCUT2D eigenvalue weighted by molar-refractivity contribution is -0.384. The molecule has 1 amide bonds. The van der Waals surface area contributed by atoms with Crippen molar-refractivity contribution in [2.24, 2.45) is 0 Å². The van der Waals surface area contributed by atoms with E-state index < -0.39 is 4.92 Å². The number of nitrogens with one attached hydrogen (secondary N) is 1. The Kier molecular flexibility index (Phi) is 6.00. The summed E-state index contributed by atoms with van der Waals surface area (Å²) in [5.74, 6) is 0.569. The van der Waals surface area contributed by atoms with Gasteiger partial charge < -0.3 is 10.1 Å². The molecule has 0 fully saturated rings. The molecule has 0 heterocycles. The Hall–Kier alpha value is -2.06. The summed E-state index contributed by atoms with van der Waals surface area (Å²) >= 11 is 4.64. The molecule has 6 nitrogen and oxygen atoms in total. The minimum Gasteiger partial charge on any atom is -0.495 e. The third-order valence-electron chi connectivity index (χ3n) is 2.85. The van der Waals surface area contributed by atoms with Gasteiger partial charge in [0.1, 0.15) is 5.75 Å². The first-order valence-corrected chi connectivity index (χ1v) is 8.28. The third-order valence-corrected chi connectivity index (χ3v) is 4.36. The molecule has 0 aliphatic carbocycles. The van der Waals surface area contributed by atoms with E-state index in [0.29, 0.717) is 11.4 Å². The van der Waals surface area contributed by atoms with Crippen molar-refractivity contribution in [3.63, 3.8) is 0 Å². The zero-order valence-electron chi connectivity index (χ0n) is 12.1. The zero-order chi connectivity index (χ0) is 16.8. The maximum atomic E-state index is 12.0. The van der Waals surface area contributed by atoms with Crippen LogP contribution in [0, 0.1) is 10.1 Å². The first-order chi connectivity index (χ1) is 11.0. The number of nitro groups is 1. The molecule has 0 aliphatic heterocycles. The molecule has 120 valence electrons. The van der Waals surface area contributed by atoms with Gasteiger partial charge in [0.05, 0.1) is 23.5 Å². The number of carbonyl (C=O) groups is 1. The quantitative estimate of drug-likeness (QED) is 0.451. The first-order valence-electron chi connectivity index (χ1n) is 6.50. The summed E-state index contributed by atoms with van der Waals surface area (Å²) in [4.78, 5) is 22.9. The highest BCUT2D eigenvalue weighted by molar-refractivity contribution is 9.10. The average molecular weight is 397 g/mol. The molecule has 0 unspecified atom stereocenters. The van der Waals surface area contributed by atoms with Gasteiger partial charge in [-0.25, -0.2) is 0 Å². The predicted octanol–water partition coefficient (Wildman–Crippen LogP) is 4.10. The summed E-state index contributed by atoms with van der Waals surface area (Å²) in [5, 5.41) is 13.4. The van der Waals surface area contributed by atoms with Gasteiger partial charge in [0, 0.05) is 21.5 Å². The molecule has 0 saturated carbocycles. The molecule has 2 rings (SSSR count). The van der Waals surface area contributed by atoms with Crippen LogP contribution in [0.4, 0.5) is 11.4 Å². The number of nitrogens with zero attached hydrogens (tertiary/aromatic N) is 1. The maximum Gasteiger partial charge on any atom is 0.269 e. The number of amides is 1. The van der Waals surface area contributed by atoms with E-state index in [1.807, 2.05) is 6.07 Å². The Morgan fingerprint density at radius 1 is 1.30 bits per heavy atom. The van der Waals surface area contributed by atoms with E-state index >= 15 is 0 Å². The SMILES string of the molecule is COc1ccc(Br)cc1NC(=O)CSc1ccc([N+](=O)[O-])cc1. The van der Waals surface area contributed by atoms with Crippen molar-refractivity contribution in [3.05, 3.63) is 57.1 Å². The number of rotatable bonds is 6. The molecule has 8 heteroatoms. The number of non-ortho nitro benzene ring substituents is 1. The first kappa shape index (κ1) is 17.3. The summed E-state index contributed by atoms with van der Waals surface area (Å²) in [7, 11) is 1.53. The largest absolute Gasteiger partial charge is 0.495 e. The van der Waals surface area contributed by atoms with E-state index in [1.54, 1.807) is 24.3 Å². The zero-order valence-corrected chi connectivity index (χ0v) is 14.5. The highest BCUT2D eigenvalue weighted by Crippen LogP contribution is 2.28. The number of benzene rings is 2. The second-order valence-electron chi connectivity index (χ2n) is 4.43. The Balaban J connectivity index is 1.95. The number of hydrogen-bond donors (Lipinski definition) is 1. The van der Waals surface area contributed by atoms with E-state index in [2.05, 4.69) is 21.2 Å². The Morgan fingerprint density at radius 2 is 2.00 bits per heavy atom. The molecule has 0 radical (unpaired) electrons. The van der Waals surface area contributed by atoms with Crippen molar-refractivity contribution in [2.45, 2.75) is 4.90 Å². The topological polar surface area (TPSA) is 81.5 Å². The number of anilines is 1. The summed E-state index contributed by atoms with van der Waals surface area (Å²) in [6, 6.07) is 11.4. The molecule has 0 aromatic heterocycles. The molecule has 0 aliphatic rings. The fourth-order valence-electron chi connectivity index (χ4n) is 1.78. The Bertz CT molecular complexity index is 722. The number of halogens is 1. The van der Waals surface area contributed by atoms with Crippen molar-refractivity contribution < 1.29 is 14.5 Å². The van der Waals surface area contributed by atoms with Crippen LogP contribution >= 0.6 is 27.7 Å². The summed E-state index contributed by atoms with van der Waals surface area (Å²) in [6.07, 6.45) is 0. The summed E-state index contributed by atoms with van der Waals surface area (Å²) < 4.78 is 6.02. The Morgan fingerprint density at radius 3 is 2.61 bits per heavy atom. The van der Waals surface area contributed by atoms with Gasteiger partial charge in [0.2, 0.25) is 5.91 Å². The summed E-state index contributed by atoms with van der Waals surface area (Å²) in [6.45, 7) is 0. The van der Waals surface area contributed by atoms with Gasteiger partial charge in [-0.15, -0.1) is 11.8 Å². The lowest BCUT2D eigenvalue weighted by Crippen LogP contribution is -2.14. The van der Waals surface area contributed by atoms with Crippen molar-refractivity contribution in [1.82, 2.24) is 0 Å². The van der Waals surface area contributed by atoms with Crippen LogP contribution in [0.5, 0.6) is 5.75 Å². The minimum absolute atomic E-state index is 0.0256. The van der Waals surface area contributed by atoms with Gasteiger partial charge in [-0.1, -0.05) is 15.9 Å². The lowest BCUT2D eigenvalue weighted by atomic mass is 10.3. The van der Waals surface area contributed by atoms with E-state index in [4.69, 9.17) is 4.74 Å². The molecule has 0 spiro atoms. The molecule has 0 bridgehead atoms. The second kappa shape index (κ2) is 7.98. The van der Waals surface area contributed by atoms with Crippen LogP contribution in [0.3, 0.4) is 0 Å². The van der Waals surface area contributed by atoms with Crippen molar-refractivity contribution >= 4 is 45.0 Å². The lowest BCUT2D eigenvalue weighted by Gasteiger charge is -2.10. The highest BCUT2D eigenvalue weighted by Gasteiger charge is 2.10. The molecule has 0 atom stereocenters. The average Bonchev–Trinajstić information content (AvgIpc) is 2.53. The molecule has 0 saturated heterocycles. The van der Waals surface area contributed by atoms with Gasteiger partial charge in [-0.3, -0.25) is 14.9 Å². The number of carbonyl (C=O) groups excluding carboxylic acids is 1. The number of methoxy groups -OCH3 is 1. The van der Waals surface area contributed by atoms with E-state index in [0.717, 1.165) is 9.37 Å². The minimum atomic E-state index is -0.458. The van der Waals surface area contributed by atoms with Gasteiger partial charge in [0.15, 0.2) is 0 Å². The van der Waals surface area contributed by atoms with E-state index in [1.165, 1.54) is 31.0 Å². The van der Waals surface area contributed by atoms with Crippen LogP contribution in [0.15, 0.2) is 51.8 Å². The maximum absolute atomic E-state index is 12.0. The molecule has 2 aromatic carbocycles. The fourth-order valence-corrected chi connectivity index (χ4v) is 2.84.